The standard InChI is InChI=1S/C86H155N9O33P2/c1-59-63(51-96)126-80(72(75(59)109)90-60(2)100)119-45-20-14-23-66(103)87-36-17-8-11-26-69(106)93-39-29-84(30-40-93,35-50-129(114,115)123-57-85(54-99)31-41-94(42-32-85)70(107)27-12-9-18-37-88-67(104)24-15-21-46-120-81-73(91-61(3)101)78(112)76(110)64(52-97)127-81)56-124-130(116,117)125-58-86(55-118-48-49-122-83(5,6)7)33-43-95(44-34-86)71(108)28-13-10-19-38-89-68(105)25-16-22-47-121-82-74(92-62(4)102)79(113)77(111)65(53-98)128-82/h59,63-65,72-82,96-99,109-113H,8-58H2,1-7H3,(H,87,103)(H,88,104)(H,89,105)(H,90,100)(H,91,101)(H,92,102)(H,114,115)(H,116,117)/t59-,63+,64+,65+,72+,73+,74+,75-,76-,77-,78+,79+,80+,81+,82+/m0/s1. The number of rotatable bonds is 60. The van der Waals surface area contributed by atoms with Gasteiger partial charge in [-0.3, -0.25) is 56.8 Å². The highest BCUT2D eigenvalue weighted by Gasteiger charge is 2.50. The van der Waals surface area contributed by atoms with E-state index in [-0.39, 0.29) is 198 Å². The number of carbonyl (C=O) groups excluding carboxylic acids is 9. The highest BCUT2D eigenvalue weighted by atomic mass is 31.2. The van der Waals surface area contributed by atoms with Crippen molar-refractivity contribution in [3.05, 3.63) is 0 Å². The Labute approximate surface area is 764 Å². The second-order valence-corrected chi connectivity index (χ2v) is 40.3. The van der Waals surface area contributed by atoms with Crippen LogP contribution in [0.25, 0.3) is 0 Å². The van der Waals surface area contributed by atoms with Crippen LogP contribution in [0.2, 0.25) is 0 Å². The maximum Gasteiger partial charge on any atom is 0.472 e. The van der Waals surface area contributed by atoms with Crippen molar-refractivity contribution in [1.29, 1.82) is 0 Å². The van der Waals surface area contributed by atoms with E-state index in [4.69, 9.17) is 51.5 Å². The summed E-state index contributed by atoms with van der Waals surface area (Å²) in [5, 5.41) is 108. The van der Waals surface area contributed by atoms with E-state index >= 15 is 0 Å². The van der Waals surface area contributed by atoms with E-state index in [0.29, 0.717) is 142 Å². The molecule has 130 heavy (non-hydrogen) atoms. The molecule has 0 aliphatic carbocycles. The monoisotopic (exact) mass is 1900 g/mol. The second-order valence-electron chi connectivity index (χ2n) is 36.8. The van der Waals surface area contributed by atoms with Crippen molar-refractivity contribution in [3.63, 3.8) is 0 Å². The number of amides is 9. The van der Waals surface area contributed by atoms with Gasteiger partial charge in [0.1, 0.15) is 54.7 Å². The number of aliphatic hydroxyl groups excluding tert-OH is 9. The molecule has 0 aromatic heterocycles. The summed E-state index contributed by atoms with van der Waals surface area (Å²) in [4.78, 5) is 143. The summed E-state index contributed by atoms with van der Waals surface area (Å²) in [5.74, 6) is -2.63. The van der Waals surface area contributed by atoms with Crippen molar-refractivity contribution >= 4 is 68.6 Å². The predicted octanol–water partition coefficient (Wildman–Crippen LogP) is 1.06. The van der Waals surface area contributed by atoms with E-state index < -0.39 is 173 Å². The molecule has 752 valence electrons. The molecule has 6 heterocycles. The van der Waals surface area contributed by atoms with Crippen molar-refractivity contribution in [2.75, 3.05) is 151 Å². The summed E-state index contributed by atoms with van der Waals surface area (Å²) >= 11 is 0. The molecule has 6 fully saturated rings. The maximum atomic E-state index is 14.3. The van der Waals surface area contributed by atoms with E-state index in [1.165, 1.54) is 20.8 Å². The fourth-order valence-electron chi connectivity index (χ4n) is 16.7. The summed E-state index contributed by atoms with van der Waals surface area (Å²) in [6.45, 7) is 11.9. The van der Waals surface area contributed by atoms with Gasteiger partial charge in [0.25, 0.3) is 0 Å². The zero-order valence-corrected chi connectivity index (χ0v) is 79.1. The van der Waals surface area contributed by atoms with Gasteiger partial charge in [0.15, 0.2) is 18.9 Å². The van der Waals surface area contributed by atoms with Crippen LogP contribution >= 0.6 is 15.4 Å². The average Bonchev–Trinajstić information content (AvgIpc) is 0.811. The number of carbonyl (C=O) groups is 9. The fraction of sp³-hybridized carbons (Fsp3) is 0.895. The van der Waals surface area contributed by atoms with Gasteiger partial charge >= 0.3 is 15.4 Å². The number of hydrogen-bond acceptors (Lipinski definition) is 31. The molecular formula is C86H155N9O33P2. The Balaban J connectivity index is 0.962. The van der Waals surface area contributed by atoms with Gasteiger partial charge in [-0.25, -0.2) is 4.57 Å². The summed E-state index contributed by atoms with van der Waals surface area (Å²) in [6.07, 6.45) is -2.43. The van der Waals surface area contributed by atoms with Crippen LogP contribution in [0.3, 0.4) is 0 Å². The molecule has 6 aliphatic rings. The molecule has 0 aromatic carbocycles. The quantitative estimate of drug-likeness (QED) is 0.0299. The first-order chi connectivity index (χ1) is 61.7. The Hall–Kier alpha value is -5.19. The number of unbranched alkanes of at least 4 members (excludes halogenated alkanes) is 9. The number of nitrogens with one attached hydrogen (secondary N) is 6. The number of aliphatic hydroxyl groups is 9. The summed E-state index contributed by atoms with van der Waals surface area (Å²) in [6, 6.07) is -2.99. The lowest BCUT2D eigenvalue weighted by Gasteiger charge is -2.43. The zero-order valence-electron chi connectivity index (χ0n) is 77.4. The molecule has 0 bridgehead atoms. The van der Waals surface area contributed by atoms with E-state index in [1.54, 1.807) is 21.6 Å². The summed E-state index contributed by atoms with van der Waals surface area (Å²) < 4.78 is 92.5. The van der Waals surface area contributed by atoms with Gasteiger partial charge in [0.2, 0.25) is 53.2 Å². The van der Waals surface area contributed by atoms with Crippen molar-refractivity contribution < 1.29 is 159 Å². The molecule has 0 aromatic rings. The maximum absolute atomic E-state index is 14.3. The second kappa shape index (κ2) is 57.8. The molecule has 9 amide bonds. The lowest BCUT2D eigenvalue weighted by atomic mass is 9.77. The number of piperidine rings is 3. The molecule has 17 N–H and O–H groups in total. The van der Waals surface area contributed by atoms with E-state index in [0.717, 1.165) is 0 Å². The van der Waals surface area contributed by atoms with E-state index in [9.17, 15) is 108 Å². The Morgan fingerprint density at radius 1 is 0.408 bits per heavy atom. The third-order valence-electron chi connectivity index (χ3n) is 25.2. The molecule has 6 saturated heterocycles. The van der Waals surface area contributed by atoms with Gasteiger partial charge < -0.3 is 145 Å². The third-order valence-corrected chi connectivity index (χ3v) is 27.4. The van der Waals surface area contributed by atoms with Gasteiger partial charge in [-0.1, -0.05) is 26.2 Å². The van der Waals surface area contributed by atoms with E-state index in [1.807, 2.05) is 20.8 Å². The van der Waals surface area contributed by atoms with Crippen LogP contribution in [0.1, 0.15) is 228 Å². The first kappa shape index (κ1) is 114. The largest absolute Gasteiger partial charge is 0.472 e. The zero-order chi connectivity index (χ0) is 95.7. The van der Waals surface area contributed by atoms with Gasteiger partial charge in [0, 0.05) is 155 Å². The van der Waals surface area contributed by atoms with Gasteiger partial charge in [0.05, 0.1) is 90.0 Å². The molecule has 0 radical (unpaired) electrons. The highest BCUT2D eigenvalue weighted by molar-refractivity contribution is 7.52. The first-order valence-corrected chi connectivity index (χ1v) is 49.9. The number of ether oxygens (including phenoxy) is 8. The Bertz CT molecular complexity index is 3500. The minimum atomic E-state index is -4.94. The molecule has 2 unspecified atom stereocenters. The first-order valence-electron chi connectivity index (χ1n) is 46.6. The van der Waals surface area contributed by atoms with Crippen molar-refractivity contribution in [2.45, 2.75) is 320 Å². The highest BCUT2D eigenvalue weighted by Crippen LogP contribution is 2.53. The number of hydrogen-bond donors (Lipinski definition) is 17. The predicted molar refractivity (Wildman–Crippen MR) is 468 cm³/mol. The normalized spacial score (nSPS) is 26.7. The molecule has 44 heteroatoms. The number of phosphoric acid groups is 1. The molecule has 0 spiro atoms. The Kier molecular flexibility index (Phi) is 50.4. The van der Waals surface area contributed by atoms with Gasteiger partial charge in [-0.2, -0.15) is 0 Å². The third kappa shape index (κ3) is 40.2. The number of phosphoric ester groups is 1. The SMILES string of the molecule is CC(=O)N[C@H]1[C@H](OCCCCC(=O)NCCCCCC(=O)N2CCC(CCP(=O)(O)OCC3(CO)CCN(C(=O)CCCCCNC(=O)CCCCO[C@@H]4O[C@H](CO)[C@H](O)[C@H](O)[C@H]4NC(C)=O)CC3)(COP(=O)(O)OCC3(COCCOC(C)(C)C)CCN(C(=O)CCCCCNC(=O)CCCCO[C@@H]4O[C@H](CO)[C@H](O)[C@H](O)[C@H]4NC(C)=O)CC3)CC2)O[C@H](CO)[C@H](C)[C@@H]1O. The topological polar surface area (TPSA) is 594 Å². The lowest BCUT2D eigenvalue weighted by Crippen LogP contribution is -2.64. The number of likely N-dealkylation sites (tertiary alicyclic amines) is 3. The summed E-state index contributed by atoms with van der Waals surface area (Å²) in [5.41, 5.74) is -3.33. The average molecular weight is 1910 g/mol. The molecule has 6 rings (SSSR count). The molecule has 0 saturated carbocycles. The molecule has 6 aliphatic heterocycles. The minimum Gasteiger partial charge on any atom is -0.396 e. The van der Waals surface area contributed by atoms with Crippen molar-refractivity contribution in [1.82, 2.24) is 46.6 Å². The minimum absolute atomic E-state index is 0.0479. The molecule has 17 atom stereocenters. The summed E-state index contributed by atoms with van der Waals surface area (Å²) in [7, 11) is -9.42. The fourth-order valence-corrected chi connectivity index (χ4v) is 19.0. The van der Waals surface area contributed by atoms with Crippen molar-refractivity contribution in [3.8, 4) is 0 Å². The van der Waals surface area contributed by atoms with Crippen LogP contribution in [0.15, 0.2) is 0 Å². The van der Waals surface area contributed by atoms with Crippen LogP contribution in [0.4, 0.5) is 0 Å². The van der Waals surface area contributed by atoms with Crippen LogP contribution < -0.4 is 31.9 Å². The Morgan fingerprint density at radius 2 is 0.746 bits per heavy atom. The van der Waals surface area contributed by atoms with Crippen LogP contribution in [0.5, 0.6) is 0 Å². The molecular weight excluding hydrogens is 1750 g/mol. The van der Waals surface area contributed by atoms with Crippen LogP contribution in [-0.4, -0.2) is 366 Å². The number of nitrogens with zero attached hydrogens (tertiary/aromatic N) is 3. The Morgan fingerprint density at radius 3 is 1.11 bits per heavy atom. The van der Waals surface area contributed by atoms with Crippen LogP contribution in [0, 0.1) is 22.2 Å². The van der Waals surface area contributed by atoms with Crippen LogP contribution in [-0.2, 0) is 104 Å². The van der Waals surface area contributed by atoms with E-state index in [2.05, 4.69) is 31.9 Å². The van der Waals surface area contributed by atoms with Crippen molar-refractivity contribution in [2.24, 2.45) is 22.2 Å². The van der Waals surface area contributed by atoms with Gasteiger partial charge in [-0.05, 0) is 148 Å². The smallest absolute Gasteiger partial charge is 0.396 e. The molecule has 42 nitrogen and oxygen atoms in total. The lowest BCUT2D eigenvalue weighted by molar-refractivity contribution is -0.270. The van der Waals surface area contributed by atoms with Gasteiger partial charge in [-0.15, -0.1) is 0 Å².